The van der Waals surface area contributed by atoms with E-state index in [4.69, 9.17) is 9.84 Å². The summed E-state index contributed by atoms with van der Waals surface area (Å²) in [5.74, 6) is -1.38. The van der Waals surface area contributed by atoms with Gasteiger partial charge in [-0.15, -0.1) is 0 Å². The molecule has 1 unspecified atom stereocenters. The maximum atomic E-state index is 11.6. The normalized spacial score (nSPS) is 18.7. The van der Waals surface area contributed by atoms with Crippen LogP contribution < -0.4 is 10.6 Å². The van der Waals surface area contributed by atoms with Crippen LogP contribution in [0.2, 0.25) is 0 Å². The zero-order valence-corrected chi connectivity index (χ0v) is 11.9. The molecule has 0 aromatic heterocycles. The highest BCUT2D eigenvalue weighted by Gasteiger charge is 2.33. The first kappa shape index (κ1) is 15.9. The van der Waals surface area contributed by atoms with Gasteiger partial charge >= 0.3 is 5.97 Å². The first-order chi connectivity index (χ1) is 8.82. The maximum Gasteiger partial charge on any atom is 0.308 e. The minimum Gasteiger partial charge on any atom is -0.481 e. The summed E-state index contributed by atoms with van der Waals surface area (Å²) in [5.41, 5.74) is -0.262. The molecule has 1 saturated heterocycles. The number of carboxylic acid groups (broad SMARTS) is 1. The number of carboxylic acids is 1. The van der Waals surface area contributed by atoms with Gasteiger partial charge in [0.05, 0.1) is 11.5 Å². The van der Waals surface area contributed by atoms with E-state index >= 15 is 0 Å². The third-order valence-electron chi connectivity index (χ3n) is 3.20. The van der Waals surface area contributed by atoms with Crippen LogP contribution in [-0.4, -0.2) is 48.8 Å². The molecule has 19 heavy (non-hydrogen) atoms. The van der Waals surface area contributed by atoms with Crippen LogP contribution in [-0.2, 0) is 14.3 Å². The van der Waals surface area contributed by atoms with Crippen molar-refractivity contribution in [2.45, 2.75) is 32.8 Å². The zero-order valence-electron chi connectivity index (χ0n) is 11.9. The van der Waals surface area contributed by atoms with Gasteiger partial charge in [0, 0.05) is 19.6 Å². The van der Waals surface area contributed by atoms with Crippen molar-refractivity contribution in [3.63, 3.8) is 0 Å². The lowest BCUT2D eigenvalue weighted by atomic mass is 9.97. The van der Waals surface area contributed by atoms with Gasteiger partial charge in [0.15, 0.2) is 0 Å². The highest BCUT2D eigenvalue weighted by molar-refractivity contribution is 5.78. The van der Waals surface area contributed by atoms with Crippen molar-refractivity contribution >= 4 is 11.9 Å². The molecule has 0 saturated carbocycles. The summed E-state index contributed by atoms with van der Waals surface area (Å²) >= 11 is 0. The van der Waals surface area contributed by atoms with E-state index in [1.54, 1.807) is 0 Å². The van der Waals surface area contributed by atoms with Crippen molar-refractivity contribution in [2.75, 3.05) is 26.2 Å². The Kier molecular flexibility index (Phi) is 5.75. The van der Waals surface area contributed by atoms with E-state index in [-0.39, 0.29) is 30.6 Å². The molecule has 0 bridgehead atoms. The molecule has 1 heterocycles. The summed E-state index contributed by atoms with van der Waals surface area (Å²) in [6, 6.07) is 0. The lowest BCUT2D eigenvalue weighted by Gasteiger charge is -2.38. The third kappa shape index (κ3) is 5.57. The molecule has 0 aromatic carbocycles. The monoisotopic (exact) mass is 272 g/mol. The molecule has 110 valence electrons. The van der Waals surface area contributed by atoms with Crippen molar-refractivity contribution in [1.29, 1.82) is 0 Å². The molecule has 0 radical (unpaired) electrons. The van der Waals surface area contributed by atoms with Crippen LogP contribution in [0.4, 0.5) is 0 Å². The van der Waals surface area contributed by atoms with Crippen LogP contribution in [0.5, 0.6) is 0 Å². The molecule has 6 nitrogen and oxygen atoms in total. The van der Waals surface area contributed by atoms with Gasteiger partial charge < -0.3 is 20.5 Å². The molecular formula is C13H24N2O4. The predicted molar refractivity (Wildman–Crippen MR) is 70.8 cm³/mol. The van der Waals surface area contributed by atoms with Crippen molar-refractivity contribution in [2.24, 2.45) is 11.8 Å². The second-order valence-electron chi connectivity index (χ2n) is 5.81. The van der Waals surface area contributed by atoms with Crippen molar-refractivity contribution in [3.05, 3.63) is 0 Å². The summed E-state index contributed by atoms with van der Waals surface area (Å²) < 4.78 is 5.48. The number of aliphatic carboxylic acids is 1. The van der Waals surface area contributed by atoms with Gasteiger partial charge in [0.2, 0.25) is 5.91 Å². The summed E-state index contributed by atoms with van der Waals surface area (Å²) in [7, 11) is 0. The lowest BCUT2D eigenvalue weighted by Crippen LogP contribution is -2.59. The topological polar surface area (TPSA) is 87.7 Å². The van der Waals surface area contributed by atoms with Crippen molar-refractivity contribution < 1.29 is 19.4 Å². The third-order valence-corrected chi connectivity index (χ3v) is 3.20. The number of hydrogen-bond acceptors (Lipinski definition) is 4. The molecule has 1 rings (SSSR count). The average Bonchev–Trinajstić information content (AvgIpc) is 2.28. The second-order valence-corrected chi connectivity index (χ2v) is 5.81. The van der Waals surface area contributed by atoms with E-state index in [9.17, 15) is 9.59 Å². The van der Waals surface area contributed by atoms with Gasteiger partial charge in [-0.2, -0.15) is 0 Å². The molecular weight excluding hydrogens is 248 g/mol. The SMILES string of the molecule is CC(C)CC(CNC(=O)COC1(C)CNC1)C(=O)O. The predicted octanol–water partition coefficient (Wildman–Crippen LogP) is 0.228. The Morgan fingerprint density at radius 3 is 2.47 bits per heavy atom. The Morgan fingerprint density at radius 2 is 2.05 bits per heavy atom. The Labute approximate surface area is 113 Å². The number of carbonyl (C=O) groups excluding carboxylic acids is 1. The van der Waals surface area contributed by atoms with Gasteiger partial charge in [-0.3, -0.25) is 9.59 Å². The van der Waals surface area contributed by atoms with E-state index in [0.717, 1.165) is 13.1 Å². The van der Waals surface area contributed by atoms with E-state index in [1.807, 2.05) is 20.8 Å². The first-order valence-corrected chi connectivity index (χ1v) is 6.66. The fourth-order valence-electron chi connectivity index (χ4n) is 1.95. The summed E-state index contributed by atoms with van der Waals surface area (Å²) in [6.07, 6.45) is 0.554. The van der Waals surface area contributed by atoms with Crippen LogP contribution in [0.1, 0.15) is 27.2 Å². The van der Waals surface area contributed by atoms with Crippen LogP contribution in [0.15, 0.2) is 0 Å². The minimum absolute atomic E-state index is 0.0216. The van der Waals surface area contributed by atoms with E-state index < -0.39 is 11.9 Å². The molecule has 0 aliphatic carbocycles. The molecule has 0 spiro atoms. The highest BCUT2D eigenvalue weighted by atomic mass is 16.5. The number of nitrogens with one attached hydrogen (secondary N) is 2. The Hall–Kier alpha value is -1.14. The minimum atomic E-state index is -0.870. The highest BCUT2D eigenvalue weighted by Crippen LogP contribution is 2.14. The van der Waals surface area contributed by atoms with Gasteiger partial charge in [-0.1, -0.05) is 13.8 Å². The molecule has 1 aliphatic heterocycles. The van der Waals surface area contributed by atoms with Crippen LogP contribution >= 0.6 is 0 Å². The Morgan fingerprint density at radius 1 is 1.42 bits per heavy atom. The lowest BCUT2D eigenvalue weighted by molar-refractivity contribution is -0.143. The molecule has 1 aliphatic rings. The standard InChI is InChI=1S/C13H24N2O4/c1-9(2)4-10(12(17)18)5-15-11(16)6-19-13(3)7-14-8-13/h9-10,14H,4-8H2,1-3H3,(H,15,16)(H,17,18). The van der Waals surface area contributed by atoms with Crippen LogP contribution in [0.3, 0.4) is 0 Å². The zero-order chi connectivity index (χ0) is 14.5. The molecule has 1 fully saturated rings. The van der Waals surface area contributed by atoms with E-state index in [2.05, 4.69) is 10.6 Å². The molecule has 3 N–H and O–H groups in total. The van der Waals surface area contributed by atoms with Crippen LogP contribution in [0, 0.1) is 11.8 Å². The second kappa shape index (κ2) is 6.86. The molecule has 6 heteroatoms. The van der Waals surface area contributed by atoms with Crippen molar-refractivity contribution in [3.8, 4) is 0 Å². The average molecular weight is 272 g/mol. The first-order valence-electron chi connectivity index (χ1n) is 6.66. The summed E-state index contributed by atoms with van der Waals surface area (Å²) in [4.78, 5) is 22.6. The van der Waals surface area contributed by atoms with Crippen molar-refractivity contribution in [1.82, 2.24) is 10.6 Å². The number of ether oxygens (including phenoxy) is 1. The summed E-state index contributed by atoms with van der Waals surface area (Å²) in [5, 5.41) is 14.8. The fraction of sp³-hybridized carbons (Fsp3) is 0.846. The maximum absolute atomic E-state index is 11.6. The molecule has 0 aromatic rings. The smallest absolute Gasteiger partial charge is 0.308 e. The number of rotatable bonds is 8. The van der Waals surface area contributed by atoms with Gasteiger partial charge in [-0.25, -0.2) is 0 Å². The van der Waals surface area contributed by atoms with Gasteiger partial charge in [-0.05, 0) is 19.3 Å². The van der Waals surface area contributed by atoms with Crippen LogP contribution in [0.25, 0.3) is 0 Å². The number of amides is 1. The number of carbonyl (C=O) groups is 2. The number of hydrogen-bond donors (Lipinski definition) is 3. The molecule has 1 amide bonds. The summed E-state index contributed by atoms with van der Waals surface area (Å²) in [6.45, 7) is 7.49. The van der Waals surface area contributed by atoms with Gasteiger partial charge in [0.1, 0.15) is 6.61 Å². The van der Waals surface area contributed by atoms with Gasteiger partial charge in [0.25, 0.3) is 0 Å². The molecule has 1 atom stereocenters. The largest absolute Gasteiger partial charge is 0.481 e. The van der Waals surface area contributed by atoms with E-state index in [1.165, 1.54) is 0 Å². The Bertz CT molecular complexity index is 327. The Balaban J connectivity index is 2.25. The fourth-order valence-corrected chi connectivity index (χ4v) is 1.95. The van der Waals surface area contributed by atoms with E-state index in [0.29, 0.717) is 6.42 Å². The quantitative estimate of drug-likeness (QED) is 0.588.